The minimum absolute atomic E-state index is 0.0886. The monoisotopic (exact) mass is 482 g/mol. The third kappa shape index (κ3) is 4.39. The number of amides is 1. The number of hydrogen-bond acceptors (Lipinski definition) is 6. The third-order valence-corrected chi connectivity index (χ3v) is 8.37. The van der Waals surface area contributed by atoms with Crippen molar-refractivity contribution < 1.29 is 13.2 Å². The third-order valence-electron chi connectivity index (χ3n) is 6.10. The van der Waals surface area contributed by atoms with Crippen LogP contribution in [0, 0.1) is 0 Å². The number of benzene rings is 2. The molecule has 3 aromatic rings. The lowest BCUT2D eigenvalue weighted by atomic mass is 10.1. The zero-order valence-electron chi connectivity index (χ0n) is 18.5. The van der Waals surface area contributed by atoms with Crippen molar-refractivity contribution in [2.75, 3.05) is 16.8 Å². The number of hydrogen-bond donors (Lipinski definition) is 1. The molecule has 2 aliphatic rings. The lowest BCUT2D eigenvalue weighted by molar-refractivity contribution is 0.102. The molecule has 1 saturated heterocycles. The van der Waals surface area contributed by atoms with Gasteiger partial charge in [-0.1, -0.05) is 37.2 Å². The lowest BCUT2D eigenvalue weighted by Crippen LogP contribution is -2.35. The Morgan fingerprint density at radius 2 is 2.03 bits per heavy atom. The van der Waals surface area contributed by atoms with E-state index in [4.69, 9.17) is 0 Å². The maximum Gasteiger partial charge on any atom is 0.286 e. The Hall–Kier alpha value is -2.78. The van der Waals surface area contributed by atoms with E-state index in [1.807, 2.05) is 11.0 Å². The molecule has 7 nitrogen and oxygen atoms in total. The maximum absolute atomic E-state index is 12.9. The van der Waals surface area contributed by atoms with Crippen molar-refractivity contribution in [2.24, 2.45) is 4.40 Å². The second kappa shape index (κ2) is 8.87. The number of carbonyl (C=O) groups excluding carboxylic acids is 1. The fraction of sp³-hybridized carbons (Fsp3) is 0.375. The summed E-state index contributed by atoms with van der Waals surface area (Å²) in [6.07, 6.45) is 6.92. The Morgan fingerprint density at radius 3 is 2.88 bits per heavy atom. The van der Waals surface area contributed by atoms with Crippen LogP contribution in [0.4, 0.5) is 10.8 Å². The predicted molar refractivity (Wildman–Crippen MR) is 133 cm³/mol. The molecule has 3 heterocycles. The standard InChI is InChI=1S/C24H26N4O3S2/c1-2-3-7-16-9-11-18-20(14-16)32-24(25-18)26-23(29)17-10-12-19-21(15-17)33(30,31)27-22-8-5-4-6-13-28(19)22/h9-12,14-15H,2-8,13H2,1H3,(H,25,26,29). The van der Waals surface area contributed by atoms with Crippen LogP contribution in [0.25, 0.3) is 10.2 Å². The first-order valence-electron chi connectivity index (χ1n) is 11.4. The minimum atomic E-state index is -3.84. The van der Waals surface area contributed by atoms with Crippen molar-refractivity contribution in [2.45, 2.75) is 56.8 Å². The van der Waals surface area contributed by atoms with Gasteiger partial charge in [0.25, 0.3) is 15.9 Å². The Balaban J connectivity index is 1.40. The van der Waals surface area contributed by atoms with Crippen molar-refractivity contribution in [3.63, 3.8) is 0 Å². The van der Waals surface area contributed by atoms with E-state index in [9.17, 15) is 13.2 Å². The van der Waals surface area contributed by atoms with Crippen LogP contribution in [-0.4, -0.2) is 31.7 Å². The van der Waals surface area contributed by atoms with E-state index in [-0.39, 0.29) is 16.4 Å². The van der Waals surface area contributed by atoms with Gasteiger partial charge in [-0.2, -0.15) is 8.42 Å². The highest BCUT2D eigenvalue weighted by Crippen LogP contribution is 2.35. The number of rotatable bonds is 5. The van der Waals surface area contributed by atoms with Crippen molar-refractivity contribution in [3.8, 4) is 0 Å². The fourth-order valence-corrected chi connectivity index (χ4v) is 6.56. The van der Waals surface area contributed by atoms with Crippen molar-refractivity contribution in [1.29, 1.82) is 0 Å². The molecule has 0 atom stereocenters. The van der Waals surface area contributed by atoms with Gasteiger partial charge in [0.05, 0.1) is 15.9 Å². The Morgan fingerprint density at radius 1 is 1.15 bits per heavy atom. The Labute approximate surface area is 197 Å². The summed E-state index contributed by atoms with van der Waals surface area (Å²) >= 11 is 1.42. The molecule has 9 heteroatoms. The van der Waals surface area contributed by atoms with E-state index in [0.29, 0.717) is 23.1 Å². The number of fused-ring (bicyclic) bond motifs is 4. The average molecular weight is 483 g/mol. The topological polar surface area (TPSA) is 91.7 Å². The zero-order valence-corrected chi connectivity index (χ0v) is 20.1. The molecule has 0 radical (unpaired) electrons. The molecule has 172 valence electrons. The number of amidine groups is 1. The van der Waals surface area contributed by atoms with Gasteiger partial charge in [-0.05, 0) is 61.6 Å². The molecule has 1 N–H and O–H groups in total. The van der Waals surface area contributed by atoms with Gasteiger partial charge < -0.3 is 4.90 Å². The number of nitrogens with zero attached hydrogens (tertiary/aromatic N) is 3. The summed E-state index contributed by atoms with van der Waals surface area (Å²) in [6, 6.07) is 11.0. The van der Waals surface area contributed by atoms with Crippen LogP contribution in [0.1, 0.15) is 61.4 Å². The van der Waals surface area contributed by atoms with Crippen LogP contribution in [-0.2, 0) is 16.4 Å². The molecule has 2 aliphatic heterocycles. The van der Waals surface area contributed by atoms with Crippen molar-refractivity contribution in [1.82, 2.24) is 4.98 Å². The smallest absolute Gasteiger partial charge is 0.286 e. The fourth-order valence-electron chi connectivity index (χ4n) is 4.35. The first kappa shape index (κ1) is 22.0. The number of carbonyl (C=O) groups is 1. The van der Waals surface area contributed by atoms with E-state index < -0.39 is 10.0 Å². The molecule has 5 rings (SSSR count). The van der Waals surface area contributed by atoms with Gasteiger partial charge in [-0.15, -0.1) is 4.40 Å². The van der Waals surface area contributed by atoms with Gasteiger partial charge in [-0.3, -0.25) is 10.1 Å². The number of nitrogens with one attached hydrogen (secondary N) is 1. The van der Waals surface area contributed by atoms with Crippen LogP contribution in [0.3, 0.4) is 0 Å². The normalized spacial score (nSPS) is 17.1. The van der Waals surface area contributed by atoms with Crippen LogP contribution in [0.2, 0.25) is 0 Å². The summed E-state index contributed by atoms with van der Waals surface area (Å²) < 4.78 is 30.8. The highest BCUT2D eigenvalue weighted by Gasteiger charge is 2.32. The zero-order chi connectivity index (χ0) is 23.0. The van der Waals surface area contributed by atoms with Gasteiger partial charge in [0.15, 0.2) is 5.13 Å². The summed E-state index contributed by atoms with van der Waals surface area (Å²) in [7, 11) is -3.84. The number of unbranched alkanes of at least 4 members (excludes halogenated alkanes) is 1. The summed E-state index contributed by atoms with van der Waals surface area (Å²) in [5.41, 5.74) is 2.98. The molecule has 0 spiro atoms. The maximum atomic E-state index is 12.9. The molecule has 2 aromatic carbocycles. The van der Waals surface area contributed by atoms with Gasteiger partial charge in [0, 0.05) is 18.5 Å². The molecule has 0 bridgehead atoms. The van der Waals surface area contributed by atoms with Gasteiger partial charge in [0.1, 0.15) is 10.7 Å². The number of anilines is 2. The summed E-state index contributed by atoms with van der Waals surface area (Å²) in [5.74, 6) is 0.217. The first-order chi connectivity index (χ1) is 15.9. The van der Waals surface area contributed by atoms with Gasteiger partial charge in [0.2, 0.25) is 0 Å². The number of sulfonamides is 1. The van der Waals surface area contributed by atoms with Gasteiger partial charge in [-0.25, -0.2) is 4.98 Å². The Bertz CT molecular complexity index is 1360. The number of aryl methyl sites for hydroxylation is 1. The van der Waals surface area contributed by atoms with Crippen LogP contribution >= 0.6 is 11.3 Å². The molecule has 1 fully saturated rings. The van der Waals surface area contributed by atoms with E-state index >= 15 is 0 Å². The van der Waals surface area contributed by atoms with Crippen molar-refractivity contribution in [3.05, 3.63) is 47.5 Å². The SMILES string of the molecule is CCCCc1ccc2nc(NC(=O)c3ccc4c(c3)S(=O)(=O)N=C3CCCCCN34)sc2c1. The molecule has 0 aliphatic carbocycles. The van der Waals surface area contributed by atoms with E-state index in [1.54, 1.807) is 12.1 Å². The van der Waals surface area contributed by atoms with E-state index in [1.165, 1.54) is 23.0 Å². The molecule has 0 saturated carbocycles. The molecule has 33 heavy (non-hydrogen) atoms. The summed E-state index contributed by atoms with van der Waals surface area (Å²) in [5, 5.41) is 3.33. The van der Waals surface area contributed by atoms with Crippen LogP contribution in [0.5, 0.6) is 0 Å². The average Bonchev–Trinajstić information content (AvgIpc) is 3.05. The highest BCUT2D eigenvalue weighted by atomic mass is 32.2. The molecule has 1 amide bonds. The largest absolute Gasteiger partial charge is 0.328 e. The van der Waals surface area contributed by atoms with E-state index in [2.05, 4.69) is 33.8 Å². The second-order valence-corrected chi connectivity index (χ2v) is 11.1. The quantitative estimate of drug-likeness (QED) is 0.528. The molecule has 1 aromatic heterocycles. The summed E-state index contributed by atoms with van der Waals surface area (Å²) in [4.78, 5) is 19.5. The first-order valence-corrected chi connectivity index (χ1v) is 13.7. The van der Waals surface area contributed by atoms with Crippen LogP contribution in [0.15, 0.2) is 45.7 Å². The predicted octanol–water partition coefficient (Wildman–Crippen LogP) is 5.37. The van der Waals surface area contributed by atoms with Crippen molar-refractivity contribution >= 4 is 54.1 Å². The summed E-state index contributed by atoms with van der Waals surface area (Å²) in [6.45, 7) is 2.91. The number of aromatic nitrogens is 1. The lowest BCUT2D eigenvalue weighted by Gasteiger charge is -2.29. The van der Waals surface area contributed by atoms with Crippen LogP contribution < -0.4 is 10.2 Å². The molecular formula is C24H26N4O3S2. The highest BCUT2D eigenvalue weighted by molar-refractivity contribution is 7.90. The molecule has 0 unspecified atom stereocenters. The number of thiazole rings is 1. The molecular weight excluding hydrogens is 456 g/mol. The van der Waals surface area contributed by atoms with E-state index in [0.717, 1.165) is 55.3 Å². The Kier molecular flexibility index (Phi) is 5.92. The second-order valence-electron chi connectivity index (χ2n) is 8.51. The minimum Gasteiger partial charge on any atom is -0.328 e. The van der Waals surface area contributed by atoms with Gasteiger partial charge >= 0.3 is 0 Å².